The van der Waals surface area contributed by atoms with Gasteiger partial charge >= 0.3 is 0 Å². The van der Waals surface area contributed by atoms with E-state index in [-0.39, 0.29) is 0 Å². The molecule has 1 N–H and O–H groups in total. The molecule has 4 aliphatic heterocycles. The minimum atomic E-state index is 0.348. The van der Waals surface area contributed by atoms with Gasteiger partial charge in [0.25, 0.3) is 0 Å². The number of likely N-dealkylation sites (tertiary alicyclic amines) is 1. The quantitative estimate of drug-likeness (QED) is 0.769. The van der Waals surface area contributed by atoms with Gasteiger partial charge in [-0.2, -0.15) is 0 Å². The van der Waals surface area contributed by atoms with Crippen molar-refractivity contribution in [2.75, 3.05) is 32.8 Å². The largest absolute Gasteiger partial charge is 0.396 e. The van der Waals surface area contributed by atoms with Crippen LogP contribution in [0.3, 0.4) is 0 Å². The number of hydrogen-bond donors (Lipinski definition) is 1. The lowest BCUT2D eigenvalue weighted by Crippen LogP contribution is -2.60. The molecule has 4 aliphatic rings. The Balaban J connectivity index is 1.48. The van der Waals surface area contributed by atoms with Gasteiger partial charge in [-0.25, -0.2) is 0 Å². The van der Waals surface area contributed by atoms with Crippen molar-refractivity contribution in [1.82, 2.24) is 9.80 Å². The van der Waals surface area contributed by atoms with E-state index in [1.54, 1.807) is 5.56 Å². The highest BCUT2D eigenvalue weighted by Gasteiger charge is 2.52. The van der Waals surface area contributed by atoms with Crippen LogP contribution in [0.2, 0.25) is 0 Å². The summed E-state index contributed by atoms with van der Waals surface area (Å²) in [5, 5.41) is 8.97. The van der Waals surface area contributed by atoms with Crippen LogP contribution >= 0.6 is 0 Å². The molecule has 4 heterocycles. The molecule has 0 aromatic heterocycles. The van der Waals surface area contributed by atoms with Gasteiger partial charge in [-0.1, -0.05) is 42.7 Å². The van der Waals surface area contributed by atoms with Crippen molar-refractivity contribution in [3.8, 4) is 0 Å². The molecule has 0 saturated carbocycles. The van der Waals surface area contributed by atoms with Crippen LogP contribution in [0.25, 0.3) is 0 Å². The predicted octanol–water partition coefficient (Wildman–Crippen LogP) is 3.41. The SMILES string of the molecule is Cc1ccc([C@@H]2CN(CCCCCCO)[C@H]3C4CCN(CC4)[C@@H]23)cc1. The number of nitrogens with zero attached hydrogens (tertiary/aromatic N) is 2. The second-order valence-electron chi connectivity index (χ2n) is 8.50. The number of benzene rings is 1. The lowest BCUT2D eigenvalue weighted by Gasteiger charge is -2.51. The van der Waals surface area contributed by atoms with E-state index in [0.717, 1.165) is 24.4 Å². The average Bonchev–Trinajstić information content (AvgIpc) is 3.05. The average molecular weight is 343 g/mol. The monoisotopic (exact) mass is 342 g/mol. The molecule has 3 heteroatoms. The topological polar surface area (TPSA) is 26.7 Å². The Labute approximate surface area is 153 Å². The highest BCUT2D eigenvalue weighted by atomic mass is 16.2. The number of aliphatic hydroxyl groups excluding tert-OH is 1. The molecule has 0 radical (unpaired) electrons. The fraction of sp³-hybridized carbons (Fsp3) is 0.727. The van der Waals surface area contributed by atoms with Gasteiger partial charge in [-0.15, -0.1) is 0 Å². The summed E-state index contributed by atoms with van der Waals surface area (Å²) in [6, 6.07) is 10.9. The van der Waals surface area contributed by atoms with Gasteiger partial charge in [0.05, 0.1) is 0 Å². The highest BCUT2D eigenvalue weighted by molar-refractivity contribution is 5.29. The highest BCUT2D eigenvalue weighted by Crippen LogP contribution is 2.46. The molecule has 5 rings (SSSR count). The Morgan fingerprint density at radius 3 is 2.40 bits per heavy atom. The molecule has 3 nitrogen and oxygen atoms in total. The molecule has 0 aliphatic carbocycles. The van der Waals surface area contributed by atoms with Crippen molar-refractivity contribution in [1.29, 1.82) is 0 Å². The van der Waals surface area contributed by atoms with E-state index in [2.05, 4.69) is 41.0 Å². The Morgan fingerprint density at radius 1 is 0.960 bits per heavy atom. The van der Waals surface area contributed by atoms with Gasteiger partial charge in [0, 0.05) is 31.2 Å². The summed E-state index contributed by atoms with van der Waals surface area (Å²) in [4.78, 5) is 5.64. The van der Waals surface area contributed by atoms with Crippen molar-refractivity contribution in [3.05, 3.63) is 35.4 Å². The van der Waals surface area contributed by atoms with E-state index in [0.29, 0.717) is 12.5 Å². The third-order valence-corrected chi connectivity index (χ3v) is 6.95. The van der Waals surface area contributed by atoms with Gasteiger partial charge in [0.2, 0.25) is 0 Å². The number of fused-ring (bicyclic) bond motifs is 2. The van der Waals surface area contributed by atoms with Gasteiger partial charge in [0.15, 0.2) is 0 Å². The standard InChI is InChI=1S/C22H34N2O/c1-17-6-8-18(9-7-17)20-16-24(12-4-2-3-5-15-25)21-19-10-13-23(14-11-19)22(20)21/h6-9,19-22,25H,2-5,10-16H2,1H3/t20-,21-,22-/m0/s1. The van der Waals surface area contributed by atoms with E-state index in [1.807, 2.05) is 0 Å². The van der Waals surface area contributed by atoms with Crippen molar-refractivity contribution in [2.45, 2.75) is 63.5 Å². The number of rotatable bonds is 7. The van der Waals surface area contributed by atoms with Crippen LogP contribution in [0.1, 0.15) is 55.6 Å². The summed E-state index contributed by atoms with van der Waals surface area (Å²) in [6.45, 7) is 7.66. The first kappa shape index (κ1) is 17.5. The lowest BCUT2D eigenvalue weighted by molar-refractivity contribution is -0.00684. The third kappa shape index (κ3) is 3.51. The van der Waals surface area contributed by atoms with E-state index >= 15 is 0 Å². The third-order valence-electron chi connectivity index (χ3n) is 6.95. The molecule has 1 aromatic carbocycles. The predicted molar refractivity (Wildman–Crippen MR) is 103 cm³/mol. The first-order chi connectivity index (χ1) is 12.3. The molecule has 25 heavy (non-hydrogen) atoms. The van der Waals surface area contributed by atoms with Crippen LogP contribution in [0, 0.1) is 12.8 Å². The molecule has 2 bridgehead atoms. The Morgan fingerprint density at radius 2 is 1.68 bits per heavy atom. The number of aliphatic hydroxyl groups is 1. The molecule has 4 fully saturated rings. The van der Waals surface area contributed by atoms with Crippen LogP contribution in [-0.4, -0.2) is 59.8 Å². The summed E-state index contributed by atoms with van der Waals surface area (Å²) >= 11 is 0. The summed E-state index contributed by atoms with van der Waals surface area (Å²) in [5.74, 6) is 1.61. The fourth-order valence-corrected chi connectivity index (χ4v) is 5.68. The lowest BCUT2D eigenvalue weighted by atomic mass is 9.75. The smallest absolute Gasteiger partial charge is 0.0431 e. The minimum absolute atomic E-state index is 0.348. The van der Waals surface area contributed by atoms with Gasteiger partial charge in [0.1, 0.15) is 0 Å². The van der Waals surface area contributed by atoms with Gasteiger partial charge in [-0.3, -0.25) is 9.80 Å². The summed E-state index contributed by atoms with van der Waals surface area (Å²) in [6.07, 6.45) is 7.50. The Bertz CT molecular complexity index is 550. The van der Waals surface area contributed by atoms with Crippen molar-refractivity contribution in [2.24, 2.45) is 5.92 Å². The van der Waals surface area contributed by atoms with E-state index < -0.39 is 0 Å². The first-order valence-electron chi connectivity index (χ1n) is 10.4. The second kappa shape index (κ2) is 7.77. The zero-order valence-corrected chi connectivity index (χ0v) is 15.7. The zero-order chi connectivity index (χ0) is 17.2. The molecule has 0 amide bonds. The van der Waals surface area contributed by atoms with Crippen molar-refractivity contribution >= 4 is 0 Å². The second-order valence-corrected chi connectivity index (χ2v) is 8.50. The number of aryl methyl sites for hydroxylation is 1. The minimum Gasteiger partial charge on any atom is -0.396 e. The van der Waals surface area contributed by atoms with Crippen LogP contribution in [0.15, 0.2) is 24.3 Å². The number of unbranched alkanes of at least 4 members (excludes halogenated alkanes) is 3. The maximum atomic E-state index is 8.97. The Hall–Kier alpha value is -0.900. The maximum absolute atomic E-state index is 8.97. The normalized spacial score (nSPS) is 34.4. The molecule has 0 unspecified atom stereocenters. The number of hydrogen-bond acceptors (Lipinski definition) is 3. The number of piperidine rings is 3. The van der Waals surface area contributed by atoms with Gasteiger partial charge in [-0.05, 0) is 63.7 Å². The molecule has 138 valence electrons. The molecule has 3 atom stereocenters. The van der Waals surface area contributed by atoms with Crippen LogP contribution in [0.4, 0.5) is 0 Å². The molecule has 1 aromatic rings. The maximum Gasteiger partial charge on any atom is 0.0431 e. The Kier molecular flexibility index (Phi) is 5.44. The summed E-state index contributed by atoms with van der Waals surface area (Å²) in [7, 11) is 0. The summed E-state index contributed by atoms with van der Waals surface area (Å²) in [5.41, 5.74) is 2.92. The fourth-order valence-electron chi connectivity index (χ4n) is 5.68. The van der Waals surface area contributed by atoms with Crippen molar-refractivity contribution in [3.63, 3.8) is 0 Å². The van der Waals surface area contributed by atoms with Crippen molar-refractivity contribution < 1.29 is 5.11 Å². The van der Waals surface area contributed by atoms with Crippen LogP contribution in [0.5, 0.6) is 0 Å². The van der Waals surface area contributed by atoms with E-state index in [9.17, 15) is 0 Å². The van der Waals surface area contributed by atoms with Crippen LogP contribution in [-0.2, 0) is 0 Å². The van der Waals surface area contributed by atoms with E-state index in [4.69, 9.17) is 5.11 Å². The van der Waals surface area contributed by atoms with Crippen LogP contribution < -0.4 is 0 Å². The zero-order valence-electron chi connectivity index (χ0n) is 15.7. The summed E-state index contributed by atoms with van der Waals surface area (Å²) < 4.78 is 0. The molecular weight excluding hydrogens is 308 g/mol. The first-order valence-corrected chi connectivity index (χ1v) is 10.4. The van der Waals surface area contributed by atoms with Gasteiger partial charge < -0.3 is 5.11 Å². The molecular formula is C22H34N2O. The van der Waals surface area contributed by atoms with E-state index in [1.165, 1.54) is 63.8 Å². The molecule has 4 saturated heterocycles. The molecule has 0 spiro atoms.